The van der Waals surface area contributed by atoms with Gasteiger partial charge in [0.15, 0.2) is 0 Å². The highest BCUT2D eigenvalue weighted by atomic mass is 32.2. The summed E-state index contributed by atoms with van der Waals surface area (Å²) in [5.74, 6) is -0.380. The van der Waals surface area contributed by atoms with Gasteiger partial charge in [-0.25, -0.2) is 13.1 Å². The fourth-order valence-electron chi connectivity index (χ4n) is 5.19. The maximum Gasteiger partial charge on any atom is 0.247 e. The molecule has 0 bridgehead atoms. The highest BCUT2D eigenvalue weighted by molar-refractivity contribution is 7.89. The Hall–Kier alpha value is -3.57. The summed E-state index contributed by atoms with van der Waals surface area (Å²) in [7, 11) is -3.54. The van der Waals surface area contributed by atoms with Crippen LogP contribution in [-0.2, 0) is 37.3 Å². The Bertz CT molecular complexity index is 1440. The molecule has 0 spiro atoms. The van der Waals surface area contributed by atoms with Crippen LogP contribution in [0.3, 0.4) is 0 Å². The van der Waals surface area contributed by atoms with E-state index in [-0.39, 0.29) is 35.7 Å². The maximum absolute atomic E-state index is 13.9. The normalized spacial score (nSPS) is 16.4. The van der Waals surface area contributed by atoms with Crippen molar-refractivity contribution in [3.63, 3.8) is 0 Å². The molecule has 1 aliphatic heterocycles. The van der Waals surface area contributed by atoms with E-state index in [2.05, 4.69) is 14.9 Å². The molecule has 5 rings (SSSR count). The standard InChI is InChI=1S/C33H40N4O5S/c38-31(18-13-26-11-16-30(17-12-26)43(40,41)35-29-14-15-29)37(25-27-7-3-1-4-8-27)32(28-9-5-2-6-10-28)33(39)34-19-20-36-21-23-42-24-22-36/h1-12,16-17,29,32,35H,13-15,18-25H2,(H,34,39). The van der Waals surface area contributed by atoms with Crippen molar-refractivity contribution in [1.82, 2.24) is 19.8 Å². The lowest BCUT2D eigenvalue weighted by molar-refractivity contribution is -0.141. The van der Waals surface area contributed by atoms with Crippen LogP contribution >= 0.6 is 0 Å². The Labute approximate surface area is 254 Å². The molecule has 1 aliphatic carbocycles. The summed E-state index contributed by atoms with van der Waals surface area (Å²) in [5.41, 5.74) is 2.52. The minimum Gasteiger partial charge on any atom is -0.379 e. The first-order chi connectivity index (χ1) is 20.9. The van der Waals surface area contributed by atoms with Crippen LogP contribution < -0.4 is 10.0 Å². The Morgan fingerprint density at radius 1 is 0.884 bits per heavy atom. The maximum atomic E-state index is 13.9. The van der Waals surface area contributed by atoms with E-state index in [1.165, 1.54) is 0 Å². The second kappa shape index (κ2) is 14.7. The zero-order valence-electron chi connectivity index (χ0n) is 24.4. The van der Waals surface area contributed by atoms with Crippen molar-refractivity contribution in [2.75, 3.05) is 39.4 Å². The Morgan fingerprint density at radius 3 is 2.19 bits per heavy atom. The van der Waals surface area contributed by atoms with E-state index in [1.54, 1.807) is 29.2 Å². The van der Waals surface area contributed by atoms with E-state index in [1.807, 2.05) is 60.7 Å². The Morgan fingerprint density at radius 2 is 1.53 bits per heavy atom. The van der Waals surface area contributed by atoms with Gasteiger partial charge in [-0.05, 0) is 48.1 Å². The predicted octanol–water partition coefficient (Wildman–Crippen LogP) is 3.28. The van der Waals surface area contributed by atoms with Crippen LogP contribution in [0, 0.1) is 0 Å². The average molecular weight is 605 g/mol. The van der Waals surface area contributed by atoms with Crippen LogP contribution in [0.1, 0.15) is 42.0 Å². The number of ether oxygens (including phenoxy) is 1. The van der Waals surface area contributed by atoms with Gasteiger partial charge >= 0.3 is 0 Å². The zero-order valence-corrected chi connectivity index (χ0v) is 25.2. The molecule has 2 fully saturated rings. The molecule has 228 valence electrons. The summed E-state index contributed by atoms with van der Waals surface area (Å²) in [6.45, 7) is 4.51. The van der Waals surface area contributed by atoms with Gasteiger partial charge in [0.25, 0.3) is 0 Å². The number of nitrogens with zero attached hydrogens (tertiary/aromatic N) is 2. The Kier molecular flexibility index (Phi) is 10.6. The van der Waals surface area contributed by atoms with Gasteiger partial charge in [0.05, 0.1) is 18.1 Å². The van der Waals surface area contributed by atoms with Gasteiger partial charge in [0.1, 0.15) is 6.04 Å². The highest BCUT2D eigenvalue weighted by Crippen LogP contribution is 2.26. The molecular formula is C33H40N4O5S. The number of rotatable bonds is 14. The van der Waals surface area contributed by atoms with Crippen LogP contribution in [0.4, 0.5) is 0 Å². The highest BCUT2D eigenvalue weighted by Gasteiger charge is 2.32. The van der Waals surface area contributed by atoms with Gasteiger partial charge in [-0.1, -0.05) is 72.8 Å². The molecule has 1 saturated carbocycles. The van der Waals surface area contributed by atoms with Crippen LogP contribution in [0.2, 0.25) is 0 Å². The van der Waals surface area contributed by atoms with Crippen LogP contribution in [0.5, 0.6) is 0 Å². The first-order valence-corrected chi connectivity index (χ1v) is 16.4. The van der Waals surface area contributed by atoms with Gasteiger partial charge in [-0.2, -0.15) is 0 Å². The first kappa shape index (κ1) is 30.9. The lowest BCUT2D eigenvalue weighted by Crippen LogP contribution is -2.46. The van der Waals surface area contributed by atoms with Crippen LogP contribution in [0.15, 0.2) is 89.8 Å². The van der Waals surface area contributed by atoms with Crippen LogP contribution in [-0.4, -0.2) is 75.5 Å². The summed E-state index contributed by atoms with van der Waals surface area (Å²) in [6.07, 6.45) is 2.33. The summed E-state index contributed by atoms with van der Waals surface area (Å²) < 4.78 is 33.2. The summed E-state index contributed by atoms with van der Waals surface area (Å²) in [5, 5.41) is 3.08. The third-order valence-corrected chi connectivity index (χ3v) is 9.32. The number of carbonyl (C=O) groups excluding carboxylic acids is 2. The lowest BCUT2D eigenvalue weighted by Gasteiger charge is -2.32. The fraction of sp³-hybridized carbons (Fsp3) is 0.394. The fourth-order valence-corrected chi connectivity index (χ4v) is 6.49. The lowest BCUT2D eigenvalue weighted by atomic mass is 10.0. The molecule has 2 N–H and O–H groups in total. The van der Waals surface area contributed by atoms with E-state index in [9.17, 15) is 18.0 Å². The second-order valence-electron chi connectivity index (χ2n) is 11.1. The molecule has 1 heterocycles. The molecule has 2 amide bonds. The second-order valence-corrected chi connectivity index (χ2v) is 12.8. The molecule has 1 atom stereocenters. The smallest absolute Gasteiger partial charge is 0.247 e. The molecule has 1 unspecified atom stereocenters. The predicted molar refractivity (Wildman–Crippen MR) is 165 cm³/mol. The number of nitrogens with one attached hydrogen (secondary N) is 2. The number of aryl methyl sites for hydroxylation is 1. The Balaban J connectivity index is 1.31. The molecule has 0 aromatic heterocycles. The van der Waals surface area contributed by atoms with Gasteiger partial charge in [0, 0.05) is 45.2 Å². The zero-order chi connectivity index (χ0) is 30.1. The number of amides is 2. The van der Waals surface area contributed by atoms with Crippen molar-refractivity contribution in [3.05, 3.63) is 102 Å². The molecule has 2 aliphatic rings. The van der Waals surface area contributed by atoms with Gasteiger partial charge < -0.3 is 15.0 Å². The van der Waals surface area contributed by atoms with Crippen molar-refractivity contribution in [2.45, 2.75) is 49.2 Å². The average Bonchev–Trinajstić information content (AvgIpc) is 3.85. The SMILES string of the molecule is O=C(NCCN1CCOCC1)C(c1ccccc1)N(Cc1ccccc1)C(=O)CCc1ccc(S(=O)(=O)NC2CC2)cc1. The number of sulfonamides is 1. The molecule has 0 radical (unpaired) electrons. The quantitative estimate of drug-likeness (QED) is 0.293. The third-order valence-electron chi connectivity index (χ3n) is 7.78. The van der Waals surface area contributed by atoms with E-state index in [4.69, 9.17) is 4.74 Å². The number of carbonyl (C=O) groups is 2. The van der Waals surface area contributed by atoms with E-state index in [0.29, 0.717) is 32.7 Å². The molecule has 43 heavy (non-hydrogen) atoms. The van der Waals surface area contributed by atoms with Gasteiger partial charge in [-0.3, -0.25) is 14.5 Å². The molecule has 3 aromatic rings. The van der Waals surface area contributed by atoms with E-state index >= 15 is 0 Å². The molecule has 10 heteroatoms. The molecule has 1 saturated heterocycles. The van der Waals surface area contributed by atoms with Crippen LogP contribution in [0.25, 0.3) is 0 Å². The van der Waals surface area contributed by atoms with Crippen molar-refractivity contribution in [2.24, 2.45) is 0 Å². The number of benzene rings is 3. The summed E-state index contributed by atoms with van der Waals surface area (Å²) in [6, 6.07) is 25.0. The number of hydrogen-bond acceptors (Lipinski definition) is 6. The number of morpholine rings is 1. The third kappa shape index (κ3) is 8.96. The summed E-state index contributed by atoms with van der Waals surface area (Å²) in [4.78, 5) is 31.9. The van der Waals surface area contributed by atoms with Crippen molar-refractivity contribution >= 4 is 21.8 Å². The molecular weight excluding hydrogens is 564 g/mol. The minimum atomic E-state index is -3.54. The topological polar surface area (TPSA) is 108 Å². The van der Waals surface area contributed by atoms with Crippen molar-refractivity contribution in [3.8, 4) is 0 Å². The van der Waals surface area contributed by atoms with E-state index < -0.39 is 16.1 Å². The van der Waals surface area contributed by atoms with Crippen molar-refractivity contribution < 1.29 is 22.7 Å². The minimum absolute atomic E-state index is 0.0343. The van der Waals surface area contributed by atoms with Gasteiger partial charge in [0.2, 0.25) is 21.8 Å². The monoisotopic (exact) mass is 604 g/mol. The largest absolute Gasteiger partial charge is 0.379 e. The molecule has 3 aromatic carbocycles. The van der Waals surface area contributed by atoms with Crippen molar-refractivity contribution in [1.29, 1.82) is 0 Å². The van der Waals surface area contributed by atoms with E-state index in [0.717, 1.165) is 42.6 Å². The number of hydrogen-bond donors (Lipinski definition) is 2. The molecule has 9 nitrogen and oxygen atoms in total. The first-order valence-electron chi connectivity index (χ1n) is 15.0. The van der Waals surface area contributed by atoms with Gasteiger partial charge in [-0.15, -0.1) is 0 Å². The summed E-state index contributed by atoms with van der Waals surface area (Å²) >= 11 is 0.